The lowest BCUT2D eigenvalue weighted by Crippen LogP contribution is -2.02. The smallest absolute Gasteiger partial charge is 0.152 e. The molecule has 0 fully saturated rings. The third-order valence-corrected chi connectivity index (χ3v) is 1.29. The second-order valence-electron chi connectivity index (χ2n) is 2.04. The van der Waals surface area contributed by atoms with E-state index in [-0.39, 0.29) is 12.0 Å². The van der Waals surface area contributed by atoms with Gasteiger partial charge in [-0.3, -0.25) is 4.79 Å². The molecule has 0 heterocycles. The number of rotatable bonds is 1. The summed E-state index contributed by atoms with van der Waals surface area (Å²) < 4.78 is 24.7. The highest BCUT2D eigenvalue weighted by atomic mass is 19.1. The molecule has 0 N–H and O–H groups in total. The van der Waals surface area contributed by atoms with E-state index in [1.807, 2.05) is 0 Å². The first-order valence-electron chi connectivity index (χ1n) is 2.91. The quantitative estimate of drug-likeness (QED) is 0.512. The maximum atomic E-state index is 12.4. The maximum absolute atomic E-state index is 12.4. The number of carbonyl (C=O) groups is 1. The topological polar surface area (TPSA) is 17.1 Å². The number of alkyl halides is 1. The van der Waals surface area contributed by atoms with Crippen LogP contribution >= 0.6 is 0 Å². The van der Waals surface area contributed by atoms with Gasteiger partial charge in [0, 0.05) is 12.0 Å². The Morgan fingerprint density at radius 1 is 1.70 bits per heavy atom. The zero-order chi connectivity index (χ0) is 7.56. The van der Waals surface area contributed by atoms with Crippen molar-refractivity contribution in [3.8, 4) is 0 Å². The monoisotopic (exact) mass is 144 g/mol. The molecular formula is C7H6F2O. The largest absolute Gasteiger partial charge is 0.298 e. The van der Waals surface area contributed by atoms with E-state index in [0.29, 0.717) is 6.29 Å². The molecule has 1 aliphatic rings. The minimum atomic E-state index is -1.27. The third kappa shape index (κ3) is 1.29. The minimum absolute atomic E-state index is 0.0473. The van der Waals surface area contributed by atoms with Gasteiger partial charge in [-0.2, -0.15) is 0 Å². The van der Waals surface area contributed by atoms with E-state index in [0.717, 1.165) is 6.08 Å². The van der Waals surface area contributed by atoms with E-state index in [1.165, 1.54) is 6.08 Å². The van der Waals surface area contributed by atoms with Crippen molar-refractivity contribution >= 4 is 6.29 Å². The van der Waals surface area contributed by atoms with Gasteiger partial charge in [-0.1, -0.05) is 6.08 Å². The van der Waals surface area contributed by atoms with Crippen LogP contribution in [0.3, 0.4) is 0 Å². The van der Waals surface area contributed by atoms with Crippen LogP contribution in [0.5, 0.6) is 0 Å². The van der Waals surface area contributed by atoms with Crippen molar-refractivity contribution < 1.29 is 13.6 Å². The van der Waals surface area contributed by atoms with E-state index < -0.39 is 12.0 Å². The van der Waals surface area contributed by atoms with Crippen LogP contribution in [0.15, 0.2) is 23.6 Å². The average molecular weight is 144 g/mol. The fourth-order valence-electron chi connectivity index (χ4n) is 0.765. The van der Waals surface area contributed by atoms with Crippen molar-refractivity contribution in [2.24, 2.45) is 0 Å². The highest BCUT2D eigenvalue weighted by Crippen LogP contribution is 2.19. The molecule has 54 valence electrons. The molecule has 1 atom stereocenters. The Bertz CT molecular complexity index is 206. The summed E-state index contributed by atoms with van der Waals surface area (Å²) >= 11 is 0. The molecule has 0 aliphatic heterocycles. The molecule has 1 unspecified atom stereocenters. The summed E-state index contributed by atoms with van der Waals surface area (Å²) in [6.45, 7) is 0. The zero-order valence-electron chi connectivity index (χ0n) is 5.18. The molecule has 3 heteroatoms. The number of halogens is 2. The molecule has 0 aromatic carbocycles. The van der Waals surface area contributed by atoms with Gasteiger partial charge >= 0.3 is 0 Å². The fraction of sp³-hybridized carbons (Fsp3) is 0.286. The first kappa shape index (κ1) is 7.12. The Balaban J connectivity index is 2.81. The van der Waals surface area contributed by atoms with Crippen molar-refractivity contribution in [3.05, 3.63) is 23.6 Å². The summed E-state index contributed by atoms with van der Waals surface area (Å²) in [7, 11) is 0. The first-order chi connectivity index (χ1) is 4.74. The molecule has 0 spiro atoms. The predicted molar refractivity (Wildman–Crippen MR) is 32.9 cm³/mol. The molecule has 10 heavy (non-hydrogen) atoms. The summed E-state index contributed by atoms with van der Waals surface area (Å²) in [5.41, 5.74) is -0.0473. The molecule has 0 aromatic rings. The van der Waals surface area contributed by atoms with Crippen LogP contribution in [0.25, 0.3) is 0 Å². The lowest BCUT2D eigenvalue weighted by molar-refractivity contribution is -0.104. The minimum Gasteiger partial charge on any atom is -0.298 e. The van der Waals surface area contributed by atoms with Crippen molar-refractivity contribution in [2.45, 2.75) is 12.6 Å². The fourth-order valence-corrected chi connectivity index (χ4v) is 0.765. The standard InChI is InChI=1S/C7H6F2O/c8-6-2-1-5(4-10)7(9)3-6/h1,3-4,6H,2H2. The van der Waals surface area contributed by atoms with Gasteiger partial charge in [0.05, 0.1) is 0 Å². The maximum Gasteiger partial charge on any atom is 0.152 e. The van der Waals surface area contributed by atoms with Gasteiger partial charge in [-0.05, 0) is 6.08 Å². The van der Waals surface area contributed by atoms with Crippen LogP contribution in [0.1, 0.15) is 6.42 Å². The van der Waals surface area contributed by atoms with Gasteiger partial charge in [-0.25, -0.2) is 8.78 Å². The third-order valence-electron chi connectivity index (χ3n) is 1.29. The van der Waals surface area contributed by atoms with Crippen molar-refractivity contribution in [1.82, 2.24) is 0 Å². The Morgan fingerprint density at radius 2 is 2.40 bits per heavy atom. The van der Waals surface area contributed by atoms with Crippen LogP contribution in [0.2, 0.25) is 0 Å². The second kappa shape index (κ2) is 2.73. The summed E-state index contributed by atoms with van der Waals surface area (Å²) in [6, 6.07) is 0. The molecule has 1 rings (SSSR count). The van der Waals surface area contributed by atoms with E-state index >= 15 is 0 Å². The van der Waals surface area contributed by atoms with Gasteiger partial charge in [0.25, 0.3) is 0 Å². The summed E-state index contributed by atoms with van der Waals surface area (Å²) in [5.74, 6) is -0.756. The molecule has 1 nitrogen and oxygen atoms in total. The van der Waals surface area contributed by atoms with Gasteiger partial charge in [0.2, 0.25) is 0 Å². The lowest BCUT2D eigenvalue weighted by Gasteiger charge is -2.06. The SMILES string of the molecule is O=CC1=CCC(F)C=C1F. The lowest BCUT2D eigenvalue weighted by atomic mass is 10.1. The van der Waals surface area contributed by atoms with Crippen LogP contribution in [0.4, 0.5) is 8.78 Å². The van der Waals surface area contributed by atoms with E-state index in [2.05, 4.69) is 0 Å². The normalized spacial score (nSPS) is 25.2. The highest BCUT2D eigenvalue weighted by molar-refractivity contribution is 5.79. The van der Waals surface area contributed by atoms with E-state index in [4.69, 9.17) is 0 Å². The van der Waals surface area contributed by atoms with Crippen molar-refractivity contribution in [1.29, 1.82) is 0 Å². The summed E-state index contributed by atoms with van der Waals surface area (Å²) in [5, 5.41) is 0. The van der Waals surface area contributed by atoms with E-state index in [1.54, 1.807) is 0 Å². The van der Waals surface area contributed by atoms with Crippen LogP contribution in [-0.4, -0.2) is 12.5 Å². The summed E-state index contributed by atoms with van der Waals surface area (Å²) in [6.07, 6.45) is 1.28. The molecule has 0 amide bonds. The van der Waals surface area contributed by atoms with Gasteiger partial charge in [0.15, 0.2) is 6.29 Å². The Hall–Kier alpha value is -0.990. The molecule has 0 radical (unpaired) electrons. The van der Waals surface area contributed by atoms with Crippen molar-refractivity contribution in [3.63, 3.8) is 0 Å². The van der Waals surface area contributed by atoms with Crippen LogP contribution in [0, 0.1) is 0 Å². The van der Waals surface area contributed by atoms with Crippen molar-refractivity contribution in [2.75, 3.05) is 0 Å². The number of allylic oxidation sites excluding steroid dienone is 4. The van der Waals surface area contributed by atoms with E-state index in [9.17, 15) is 13.6 Å². The average Bonchev–Trinajstić information content (AvgIpc) is 1.88. The Kier molecular flexibility index (Phi) is 1.94. The predicted octanol–water partition coefficient (Wildman–Crippen LogP) is 1.71. The molecule has 0 saturated carbocycles. The number of carbonyl (C=O) groups excluding carboxylic acids is 1. The Labute approximate surface area is 57.0 Å². The number of hydrogen-bond acceptors (Lipinski definition) is 1. The Morgan fingerprint density at radius 3 is 2.90 bits per heavy atom. The molecule has 0 bridgehead atoms. The van der Waals surface area contributed by atoms with Gasteiger partial charge in [0.1, 0.15) is 12.0 Å². The highest BCUT2D eigenvalue weighted by Gasteiger charge is 2.13. The molecule has 0 aromatic heterocycles. The van der Waals surface area contributed by atoms with Gasteiger partial charge < -0.3 is 0 Å². The first-order valence-corrected chi connectivity index (χ1v) is 2.91. The summed E-state index contributed by atoms with van der Waals surface area (Å²) in [4.78, 5) is 10.0. The second-order valence-corrected chi connectivity index (χ2v) is 2.04. The molecule has 0 saturated heterocycles. The van der Waals surface area contributed by atoms with Gasteiger partial charge in [-0.15, -0.1) is 0 Å². The molecule has 1 aliphatic carbocycles. The van der Waals surface area contributed by atoms with Crippen LogP contribution in [-0.2, 0) is 4.79 Å². The number of aldehydes is 1. The zero-order valence-corrected chi connectivity index (χ0v) is 5.18. The van der Waals surface area contributed by atoms with Crippen LogP contribution < -0.4 is 0 Å². The molecular weight excluding hydrogens is 138 g/mol. The number of hydrogen-bond donors (Lipinski definition) is 0.